The molecule has 8 bridgehead atoms. The van der Waals surface area contributed by atoms with Crippen LogP contribution in [0.15, 0.2) is 24.3 Å². The standard InChI is InChI=1S/C48H60N8O8/c1-10-30-26(2)34-24-38-31(12-14-40(58)59)27(3)33(51-38)23-35-28(4)32(11-13-39(57)54(9)16-15-49-47(62)64-48(6,7)8)43(52-35)42-44-41(29(5)36(53-44)25-37(30)50-34)45(60)56(46(42)61)18-17-55-19-21-63-22-20-55/h12,14,23-25,28,32,51,53H,10-11,13,15-22H2,1-9H3,(H,49,62)(H,58,59)/b14-12+,33-23?,34-24?,35-23?,36-25?,37-25?,38-24?,43-42?/t28-,32-/m0/s1. The Kier molecular flexibility index (Phi) is 13.3. The number of morpholine rings is 1. The number of aromatic amines is 2. The number of nitrogens with one attached hydrogen (secondary N) is 3. The lowest BCUT2D eigenvalue weighted by Crippen LogP contribution is -2.47. The zero-order valence-electron chi connectivity index (χ0n) is 38.4. The first-order chi connectivity index (χ1) is 30.4. The number of carbonyl (C=O) groups excluding carboxylic acids is 4. The summed E-state index contributed by atoms with van der Waals surface area (Å²) in [6.07, 6.45) is 3.26. The number of carbonyl (C=O) groups is 5. The summed E-state index contributed by atoms with van der Waals surface area (Å²) in [5.74, 6) is -2.78. The monoisotopic (exact) mass is 876 g/mol. The van der Waals surface area contributed by atoms with Crippen molar-refractivity contribution in [2.75, 3.05) is 59.5 Å². The van der Waals surface area contributed by atoms with E-state index in [1.807, 2.05) is 45.9 Å². The van der Waals surface area contributed by atoms with Gasteiger partial charge in [-0.2, -0.15) is 0 Å². The highest BCUT2D eigenvalue weighted by Gasteiger charge is 2.41. The van der Waals surface area contributed by atoms with Gasteiger partial charge in [-0.05, 0) is 101 Å². The molecule has 2 atom stereocenters. The second-order valence-electron chi connectivity index (χ2n) is 18.0. The average molecular weight is 877 g/mol. The lowest BCUT2D eigenvalue weighted by molar-refractivity contribution is -0.131. The molecule has 0 aromatic carbocycles. The number of rotatable bonds is 12. The molecule has 0 radical (unpaired) electrons. The largest absolute Gasteiger partial charge is 0.478 e. The number of aliphatic carboxylic acids is 1. The van der Waals surface area contributed by atoms with Crippen LogP contribution in [0.25, 0.3) is 39.3 Å². The number of hydrogen-bond donors (Lipinski definition) is 4. The number of ether oxygens (including phenoxy) is 2. The van der Waals surface area contributed by atoms with E-state index in [2.05, 4.69) is 27.1 Å². The molecule has 1 fully saturated rings. The molecular formula is C48H60N8O8. The highest BCUT2D eigenvalue weighted by atomic mass is 16.6. The first-order valence-electron chi connectivity index (χ1n) is 22.1. The summed E-state index contributed by atoms with van der Waals surface area (Å²) in [5, 5.41) is 12.3. The number of imide groups is 1. The number of carboxylic acid groups (broad SMARTS) is 1. The first-order valence-corrected chi connectivity index (χ1v) is 22.1. The van der Waals surface area contributed by atoms with Gasteiger partial charge in [0.2, 0.25) is 5.91 Å². The minimum absolute atomic E-state index is 0.121. The van der Waals surface area contributed by atoms with E-state index >= 15 is 4.79 Å². The van der Waals surface area contributed by atoms with Crippen molar-refractivity contribution in [2.24, 2.45) is 0 Å². The summed E-state index contributed by atoms with van der Waals surface area (Å²) in [6, 6.07) is 5.80. The molecule has 3 aromatic rings. The molecule has 0 spiro atoms. The van der Waals surface area contributed by atoms with Crippen molar-refractivity contribution in [2.45, 2.75) is 92.1 Å². The predicted molar refractivity (Wildman–Crippen MR) is 245 cm³/mol. The first kappa shape index (κ1) is 45.9. The van der Waals surface area contributed by atoms with Crippen LogP contribution in [0.3, 0.4) is 0 Å². The Hall–Kier alpha value is -6.13. The van der Waals surface area contributed by atoms with Crippen molar-refractivity contribution < 1.29 is 38.6 Å². The number of fused-ring (bicyclic) bond motifs is 8. The molecule has 4 amide bonds. The van der Waals surface area contributed by atoms with Gasteiger partial charge in [0.15, 0.2) is 0 Å². The number of aryl methyl sites for hydroxylation is 2. The fourth-order valence-electron chi connectivity index (χ4n) is 9.02. The Morgan fingerprint density at radius 1 is 0.969 bits per heavy atom. The fraction of sp³-hybridized carbons (Fsp3) is 0.479. The number of aromatic nitrogens is 4. The van der Waals surface area contributed by atoms with Crippen molar-refractivity contribution >= 4 is 69.1 Å². The summed E-state index contributed by atoms with van der Waals surface area (Å²) in [6.45, 7) is 18.9. The van der Waals surface area contributed by atoms with Gasteiger partial charge < -0.3 is 34.8 Å². The molecule has 64 heavy (non-hydrogen) atoms. The molecule has 0 unspecified atom stereocenters. The molecule has 4 N–H and O–H groups in total. The number of H-pyrrole nitrogens is 2. The predicted octanol–water partition coefficient (Wildman–Crippen LogP) is 6.95. The van der Waals surface area contributed by atoms with Crippen molar-refractivity contribution in [1.29, 1.82) is 0 Å². The second-order valence-corrected chi connectivity index (χ2v) is 18.0. The third-order valence-corrected chi connectivity index (χ3v) is 12.7. The van der Waals surface area contributed by atoms with Gasteiger partial charge >= 0.3 is 12.1 Å². The highest BCUT2D eigenvalue weighted by Crippen LogP contribution is 2.44. The number of likely N-dealkylation sites (N-methyl/N-ethyl adjacent to an activating group) is 1. The van der Waals surface area contributed by atoms with E-state index in [0.717, 1.165) is 22.8 Å². The Balaban J connectivity index is 1.40. The molecule has 16 nitrogen and oxygen atoms in total. The van der Waals surface area contributed by atoms with Gasteiger partial charge in [-0.3, -0.25) is 29.2 Å². The van der Waals surface area contributed by atoms with E-state index in [4.69, 9.17) is 19.4 Å². The fourth-order valence-corrected chi connectivity index (χ4v) is 9.02. The Bertz CT molecular complexity index is 2630. The maximum Gasteiger partial charge on any atom is 0.407 e. The molecule has 7 rings (SSSR count). The van der Waals surface area contributed by atoms with E-state index < -0.39 is 29.5 Å². The van der Waals surface area contributed by atoms with Crippen LogP contribution >= 0.6 is 0 Å². The van der Waals surface area contributed by atoms with Crippen LogP contribution in [-0.2, 0) is 19.1 Å². The number of allylic oxidation sites excluding steroid dienone is 2. The van der Waals surface area contributed by atoms with E-state index in [-0.39, 0.29) is 43.8 Å². The molecule has 0 aliphatic carbocycles. The zero-order chi connectivity index (χ0) is 46.2. The van der Waals surface area contributed by atoms with Gasteiger partial charge in [0, 0.05) is 98.5 Å². The summed E-state index contributed by atoms with van der Waals surface area (Å²) in [4.78, 5) is 90.0. The normalized spacial score (nSPS) is 18.0. The lowest BCUT2D eigenvalue weighted by Gasteiger charge is -2.31. The van der Waals surface area contributed by atoms with Crippen LogP contribution in [-0.4, -0.2) is 135 Å². The Labute approximate surface area is 373 Å². The Morgan fingerprint density at radius 2 is 1.66 bits per heavy atom. The topological polar surface area (TPSA) is 203 Å². The van der Waals surface area contributed by atoms with E-state index in [1.54, 1.807) is 38.8 Å². The molecule has 4 aliphatic rings. The van der Waals surface area contributed by atoms with E-state index in [9.17, 15) is 24.3 Å². The van der Waals surface area contributed by atoms with Gasteiger partial charge in [-0.25, -0.2) is 14.6 Å². The minimum Gasteiger partial charge on any atom is -0.478 e. The van der Waals surface area contributed by atoms with Gasteiger partial charge in [0.1, 0.15) is 5.60 Å². The van der Waals surface area contributed by atoms with E-state index in [1.165, 1.54) is 4.90 Å². The van der Waals surface area contributed by atoms with Gasteiger partial charge in [0.25, 0.3) is 11.8 Å². The molecule has 0 saturated carbocycles. The van der Waals surface area contributed by atoms with Crippen molar-refractivity contribution in [3.8, 4) is 0 Å². The maximum absolute atomic E-state index is 15.1. The third-order valence-electron chi connectivity index (χ3n) is 12.7. The average Bonchev–Trinajstić information content (AvgIpc) is 3.91. The van der Waals surface area contributed by atoms with Crippen molar-refractivity contribution in [3.05, 3.63) is 74.9 Å². The van der Waals surface area contributed by atoms with Crippen LogP contribution in [0.4, 0.5) is 4.79 Å². The Morgan fingerprint density at radius 3 is 2.34 bits per heavy atom. The number of hydrogen-bond acceptors (Lipinski definition) is 10. The minimum atomic E-state index is -1.08. The molecule has 7 heterocycles. The summed E-state index contributed by atoms with van der Waals surface area (Å²) >= 11 is 0. The van der Waals surface area contributed by atoms with Crippen molar-refractivity contribution in [3.63, 3.8) is 0 Å². The van der Waals surface area contributed by atoms with Crippen molar-refractivity contribution in [1.82, 2.24) is 40.0 Å². The molecule has 3 aromatic heterocycles. The van der Waals surface area contributed by atoms with Gasteiger partial charge in [0.05, 0.1) is 46.9 Å². The van der Waals surface area contributed by atoms with Crippen LogP contribution in [0.1, 0.15) is 133 Å². The second kappa shape index (κ2) is 18.5. The van der Waals surface area contributed by atoms with Crippen LogP contribution < -0.4 is 5.32 Å². The molecule has 4 aliphatic heterocycles. The summed E-state index contributed by atoms with van der Waals surface area (Å²) in [5.41, 5.74) is 9.18. The maximum atomic E-state index is 15.1. The molecular weight excluding hydrogens is 817 g/mol. The van der Waals surface area contributed by atoms with Crippen LogP contribution in [0, 0.1) is 13.8 Å². The highest BCUT2D eigenvalue weighted by molar-refractivity contribution is 6.23. The number of nitrogens with zero attached hydrogens (tertiary/aromatic N) is 5. The number of alkyl carbamates (subject to hydrolysis) is 1. The quantitative estimate of drug-likeness (QED) is 0.108. The molecule has 340 valence electrons. The zero-order valence-corrected chi connectivity index (χ0v) is 38.4. The van der Waals surface area contributed by atoms with Gasteiger partial charge in [-0.15, -0.1) is 0 Å². The third kappa shape index (κ3) is 9.39. The summed E-state index contributed by atoms with van der Waals surface area (Å²) in [7, 11) is 1.68. The molecule has 1 saturated heterocycles. The SMILES string of the molecule is CCC1=C(C)c2cc3[nH]c(cc4nc(c5c6[nH]c(cc1n2)c(C)c6C(=O)N(CCN1CCOCC1)C5=O)[C@@H](CCC(=O)N(C)CCNC(=O)OC(C)(C)C)[C@@H]4C)c(C)c3/C=C/C(=O)O. The van der Waals surface area contributed by atoms with Gasteiger partial charge in [-0.1, -0.05) is 13.8 Å². The smallest absolute Gasteiger partial charge is 0.407 e. The number of carboxylic acids is 1. The number of amides is 4. The lowest BCUT2D eigenvalue weighted by atomic mass is 9.84. The summed E-state index contributed by atoms with van der Waals surface area (Å²) < 4.78 is 10.9. The van der Waals surface area contributed by atoms with E-state index in [0.29, 0.717) is 113 Å². The molecule has 16 heteroatoms. The van der Waals surface area contributed by atoms with Crippen LogP contribution in [0.5, 0.6) is 0 Å². The van der Waals surface area contributed by atoms with Crippen LogP contribution in [0.2, 0.25) is 0 Å².